The molecule has 0 aliphatic carbocycles. The number of benzene rings is 1. The van der Waals surface area contributed by atoms with Gasteiger partial charge in [-0.25, -0.2) is 4.79 Å². The first-order valence-corrected chi connectivity index (χ1v) is 5.26. The topological polar surface area (TPSA) is 78.7 Å². The van der Waals surface area contributed by atoms with E-state index in [1.807, 2.05) is 0 Å². The maximum absolute atomic E-state index is 11.2. The van der Waals surface area contributed by atoms with Crippen LogP contribution in [0.3, 0.4) is 0 Å². The molecular formula is C12H13NO5. The van der Waals surface area contributed by atoms with E-state index in [0.29, 0.717) is 5.75 Å². The van der Waals surface area contributed by atoms with Crippen molar-refractivity contribution in [2.45, 2.75) is 6.92 Å². The zero-order valence-corrected chi connectivity index (χ0v) is 9.92. The van der Waals surface area contributed by atoms with Gasteiger partial charge in [0.05, 0.1) is 17.1 Å². The van der Waals surface area contributed by atoms with E-state index >= 15 is 0 Å². The second-order valence-electron chi connectivity index (χ2n) is 3.36. The molecule has 6 nitrogen and oxygen atoms in total. The predicted molar refractivity (Wildman–Crippen MR) is 64.4 cm³/mol. The summed E-state index contributed by atoms with van der Waals surface area (Å²) in [5.74, 6) is -0.0922. The number of nitro benzene ring substituents is 1. The Hall–Kier alpha value is -2.37. The first kappa shape index (κ1) is 13.7. The van der Waals surface area contributed by atoms with Crippen LogP contribution in [0, 0.1) is 10.1 Å². The van der Waals surface area contributed by atoms with E-state index in [4.69, 9.17) is 9.47 Å². The summed E-state index contributed by atoms with van der Waals surface area (Å²) in [4.78, 5) is 21.1. The van der Waals surface area contributed by atoms with Gasteiger partial charge in [0.2, 0.25) is 0 Å². The molecule has 0 atom stereocenters. The van der Waals surface area contributed by atoms with E-state index in [1.165, 1.54) is 24.3 Å². The Morgan fingerprint density at radius 1 is 1.39 bits per heavy atom. The molecule has 0 saturated carbocycles. The Balaban J connectivity index is 2.51. The minimum Gasteiger partial charge on any atom is -0.489 e. The van der Waals surface area contributed by atoms with Gasteiger partial charge in [-0.15, -0.1) is 0 Å². The number of hydrogen-bond donors (Lipinski definition) is 0. The summed E-state index contributed by atoms with van der Waals surface area (Å²) in [6.07, 6.45) is 0. The lowest BCUT2D eigenvalue weighted by atomic mass is 10.3. The van der Waals surface area contributed by atoms with Crippen molar-refractivity contribution in [2.24, 2.45) is 0 Å². The molecule has 0 amide bonds. The standard InChI is InChI=1S/C12H13NO5/c1-3-17-12(14)9(2)8-18-11-6-4-10(5-7-11)13(15)16/h4-7H,2-3,8H2,1H3. The van der Waals surface area contributed by atoms with Crippen molar-refractivity contribution in [2.75, 3.05) is 13.2 Å². The first-order valence-electron chi connectivity index (χ1n) is 5.26. The molecule has 0 N–H and O–H groups in total. The molecule has 0 saturated heterocycles. The molecule has 18 heavy (non-hydrogen) atoms. The Bertz CT molecular complexity index is 452. The maximum atomic E-state index is 11.2. The molecule has 1 rings (SSSR count). The third-order valence-electron chi connectivity index (χ3n) is 2.02. The highest BCUT2D eigenvalue weighted by molar-refractivity contribution is 5.88. The molecule has 1 aromatic carbocycles. The van der Waals surface area contributed by atoms with Crippen LogP contribution in [0.5, 0.6) is 5.75 Å². The van der Waals surface area contributed by atoms with Gasteiger partial charge in [-0.2, -0.15) is 0 Å². The molecule has 0 radical (unpaired) electrons. The molecule has 0 bridgehead atoms. The van der Waals surface area contributed by atoms with Crippen LogP contribution in [-0.4, -0.2) is 24.1 Å². The molecular weight excluding hydrogens is 238 g/mol. The fourth-order valence-corrected chi connectivity index (χ4v) is 1.13. The second-order valence-corrected chi connectivity index (χ2v) is 3.36. The van der Waals surface area contributed by atoms with Crippen molar-refractivity contribution in [1.29, 1.82) is 0 Å². The lowest BCUT2D eigenvalue weighted by molar-refractivity contribution is -0.384. The normalized spacial score (nSPS) is 9.61. The van der Waals surface area contributed by atoms with Crippen LogP contribution in [0.1, 0.15) is 6.92 Å². The molecule has 0 spiro atoms. The number of hydrogen-bond acceptors (Lipinski definition) is 5. The quantitative estimate of drug-likeness (QED) is 0.335. The zero-order chi connectivity index (χ0) is 13.5. The molecule has 0 aliphatic heterocycles. The van der Waals surface area contributed by atoms with Crippen LogP contribution in [0.2, 0.25) is 0 Å². The van der Waals surface area contributed by atoms with E-state index in [1.54, 1.807) is 6.92 Å². The number of non-ortho nitro benzene ring substituents is 1. The number of nitrogens with zero attached hydrogens (tertiary/aromatic N) is 1. The summed E-state index contributed by atoms with van der Waals surface area (Å²) in [5, 5.41) is 10.4. The van der Waals surface area contributed by atoms with Crippen molar-refractivity contribution >= 4 is 11.7 Å². The summed E-state index contributed by atoms with van der Waals surface area (Å²) >= 11 is 0. The van der Waals surface area contributed by atoms with Gasteiger partial charge in [0.15, 0.2) is 0 Å². The van der Waals surface area contributed by atoms with Gasteiger partial charge in [0, 0.05) is 12.1 Å². The van der Waals surface area contributed by atoms with Crippen LogP contribution in [-0.2, 0) is 9.53 Å². The predicted octanol–water partition coefficient (Wildman–Crippen LogP) is 2.09. The number of rotatable bonds is 6. The summed E-state index contributed by atoms with van der Waals surface area (Å²) in [7, 11) is 0. The summed E-state index contributed by atoms with van der Waals surface area (Å²) in [5.41, 5.74) is 0.168. The maximum Gasteiger partial charge on any atom is 0.336 e. The highest BCUT2D eigenvalue weighted by Gasteiger charge is 2.09. The summed E-state index contributed by atoms with van der Waals surface area (Å²) in [6.45, 7) is 5.48. The van der Waals surface area contributed by atoms with E-state index in [2.05, 4.69) is 6.58 Å². The van der Waals surface area contributed by atoms with Gasteiger partial charge in [0.1, 0.15) is 12.4 Å². The summed E-state index contributed by atoms with van der Waals surface area (Å²) in [6, 6.07) is 5.55. The van der Waals surface area contributed by atoms with E-state index in [9.17, 15) is 14.9 Å². The molecule has 0 heterocycles. The number of carbonyl (C=O) groups excluding carboxylic acids is 1. The van der Waals surface area contributed by atoms with E-state index in [0.717, 1.165) is 0 Å². The van der Waals surface area contributed by atoms with Crippen molar-refractivity contribution in [3.63, 3.8) is 0 Å². The van der Waals surface area contributed by atoms with E-state index in [-0.39, 0.29) is 24.5 Å². The van der Waals surface area contributed by atoms with Crippen LogP contribution in [0.4, 0.5) is 5.69 Å². The molecule has 0 aliphatic rings. The Morgan fingerprint density at radius 2 is 2.00 bits per heavy atom. The fraction of sp³-hybridized carbons (Fsp3) is 0.250. The monoisotopic (exact) mass is 251 g/mol. The van der Waals surface area contributed by atoms with Gasteiger partial charge < -0.3 is 9.47 Å². The van der Waals surface area contributed by atoms with E-state index < -0.39 is 10.9 Å². The van der Waals surface area contributed by atoms with Gasteiger partial charge in [-0.05, 0) is 19.1 Å². The number of carbonyl (C=O) groups is 1. The number of esters is 1. The Kier molecular flexibility index (Phi) is 4.86. The third-order valence-corrected chi connectivity index (χ3v) is 2.02. The van der Waals surface area contributed by atoms with Gasteiger partial charge >= 0.3 is 5.97 Å². The molecule has 6 heteroatoms. The highest BCUT2D eigenvalue weighted by Crippen LogP contribution is 2.17. The Labute approximate surface area is 104 Å². The van der Waals surface area contributed by atoms with Gasteiger partial charge in [-0.3, -0.25) is 10.1 Å². The van der Waals surface area contributed by atoms with Crippen LogP contribution in [0.25, 0.3) is 0 Å². The smallest absolute Gasteiger partial charge is 0.336 e. The van der Waals surface area contributed by atoms with Gasteiger partial charge in [-0.1, -0.05) is 6.58 Å². The van der Waals surface area contributed by atoms with Crippen molar-refractivity contribution in [1.82, 2.24) is 0 Å². The van der Waals surface area contributed by atoms with Crippen molar-refractivity contribution < 1.29 is 19.2 Å². The van der Waals surface area contributed by atoms with Gasteiger partial charge in [0.25, 0.3) is 5.69 Å². The third kappa shape index (κ3) is 3.89. The average molecular weight is 251 g/mol. The molecule has 0 fully saturated rings. The minimum absolute atomic E-state index is 0.0172. The molecule has 0 aromatic heterocycles. The fourth-order valence-electron chi connectivity index (χ4n) is 1.13. The van der Waals surface area contributed by atoms with Crippen molar-refractivity contribution in [3.05, 3.63) is 46.5 Å². The molecule has 96 valence electrons. The largest absolute Gasteiger partial charge is 0.489 e. The zero-order valence-electron chi connectivity index (χ0n) is 9.92. The lowest BCUT2D eigenvalue weighted by Crippen LogP contribution is -2.13. The number of ether oxygens (including phenoxy) is 2. The van der Waals surface area contributed by atoms with Crippen LogP contribution < -0.4 is 4.74 Å². The van der Waals surface area contributed by atoms with Crippen LogP contribution in [0.15, 0.2) is 36.4 Å². The highest BCUT2D eigenvalue weighted by atomic mass is 16.6. The minimum atomic E-state index is -0.514. The molecule has 1 aromatic rings. The Morgan fingerprint density at radius 3 is 2.50 bits per heavy atom. The number of nitro groups is 1. The van der Waals surface area contributed by atoms with Crippen LogP contribution >= 0.6 is 0 Å². The summed E-state index contributed by atoms with van der Waals surface area (Å²) < 4.78 is 9.98. The SMILES string of the molecule is C=C(COc1ccc([N+](=O)[O-])cc1)C(=O)OCC. The lowest BCUT2D eigenvalue weighted by Gasteiger charge is -2.07. The van der Waals surface area contributed by atoms with Crippen molar-refractivity contribution in [3.8, 4) is 5.75 Å². The second kappa shape index (κ2) is 6.39. The first-order chi connectivity index (χ1) is 8.54. The molecule has 0 unspecified atom stereocenters. The average Bonchev–Trinajstić information content (AvgIpc) is 2.36.